The maximum atomic E-state index is 14.9. The van der Waals surface area contributed by atoms with Gasteiger partial charge >= 0.3 is 0 Å². The zero-order chi connectivity index (χ0) is 35.9. The number of nitrogens with two attached hydrogens (primary N) is 2. The summed E-state index contributed by atoms with van der Waals surface area (Å²) in [4.78, 5) is 18.6. The van der Waals surface area contributed by atoms with Gasteiger partial charge in [-0.3, -0.25) is 4.98 Å². The Bertz CT molecular complexity index is 1520. The smallest absolute Gasteiger partial charge is 0.265 e. The van der Waals surface area contributed by atoms with Crippen LogP contribution in [0.25, 0.3) is 22.4 Å². The number of nitrogen functional groups attached to an aromatic ring is 1. The minimum absolute atomic E-state index is 0.0716. The predicted molar refractivity (Wildman–Crippen MR) is 181 cm³/mol. The first-order valence-corrected chi connectivity index (χ1v) is 16.0. The second-order valence-corrected chi connectivity index (χ2v) is 9.51. The summed E-state index contributed by atoms with van der Waals surface area (Å²) in [6.45, 7) is 16.5. The van der Waals surface area contributed by atoms with Crippen molar-refractivity contribution in [1.29, 1.82) is 0 Å². The van der Waals surface area contributed by atoms with Crippen molar-refractivity contribution in [3.8, 4) is 17.0 Å². The van der Waals surface area contributed by atoms with Gasteiger partial charge in [0.1, 0.15) is 23.8 Å². The highest BCUT2D eigenvalue weighted by Gasteiger charge is 2.43. The van der Waals surface area contributed by atoms with E-state index in [9.17, 15) is 22.7 Å². The van der Waals surface area contributed by atoms with Crippen molar-refractivity contribution in [2.45, 2.75) is 92.8 Å². The van der Waals surface area contributed by atoms with Crippen LogP contribution in [-0.4, -0.2) is 67.9 Å². The van der Waals surface area contributed by atoms with Crippen LogP contribution in [0.5, 0.6) is 5.75 Å². The van der Waals surface area contributed by atoms with Gasteiger partial charge in [0.05, 0.1) is 43.1 Å². The number of aromatic nitrogens is 5. The molecule has 47 heavy (non-hydrogen) atoms. The summed E-state index contributed by atoms with van der Waals surface area (Å²) in [7, 11) is 1.23. The quantitative estimate of drug-likeness (QED) is 0.181. The Balaban J connectivity index is 0.00000128. The minimum Gasteiger partial charge on any atom is -0.494 e. The molecule has 2 unspecified atom stereocenters. The lowest BCUT2D eigenvalue weighted by Crippen LogP contribution is -2.63. The largest absolute Gasteiger partial charge is 0.494 e. The summed E-state index contributed by atoms with van der Waals surface area (Å²) < 4.78 is 62.7. The summed E-state index contributed by atoms with van der Waals surface area (Å²) in [6.07, 6.45) is -0.128. The van der Waals surface area contributed by atoms with Crippen LogP contribution in [-0.2, 0) is 6.54 Å². The summed E-state index contributed by atoms with van der Waals surface area (Å²) in [6, 6.07) is 3.50. The third kappa shape index (κ3) is 9.50. The molecule has 1 aliphatic heterocycles. The molecule has 1 fully saturated rings. The Labute approximate surface area is 275 Å². The van der Waals surface area contributed by atoms with Crippen LogP contribution in [0.1, 0.15) is 73.8 Å². The van der Waals surface area contributed by atoms with Crippen LogP contribution >= 0.6 is 0 Å². The van der Waals surface area contributed by atoms with E-state index in [1.165, 1.54) is 26.0 Å². The number of alkyl halides is 2. The number of halogens is 4. The summed E-state index contributed by atoms with van der Waals surface area (Å²) in [5.41, 5.74) is 12.6. The van der Waals surface area contributed by atoms with Gasteiger partial charge in [0.25, 0.3) is 6.43 Å². The number of methoxy groups -OCH3 is 1. The van der Waals surface area contributed by atoms with Crippen molar-refractivity contribution in [2.24, 2.45) is 5.73 Å². The number of ether oxygens (including phenoxy) is 1. The number of piperidine rings is 1. The summed E-state index contributed by atoms with van der Waals surface area (Å²) in [5, 5.41) is 10.1. The number of aliphatic hydroxyl groups is 1. The molecule has 4 aromatic rings. The lowest BCUT2D eigenvalue weighted by atomic mass is 9.84. The van der Waals surface area contributed by atoms with E-state index < -0.39 is 29.7 Å². The molecule has 5 rings (SSSR count). The molecular weight excluding hydrogens is 616 g/mol. The van der Waals surface area contributed by atoms with Crippen molar-refractivity contribution in [1.82, 2.24) is 24.5 Å². The first-order valence-electron chi connectivity index (χ1n) is 16.0. The molecule has 262 valence electrons. The Hall–Kier alpha value is -4.04. The predicted octanol–water partition coefficient (Wildman–Crippen LogP) is 6.83. The molecule has 0 bridgehead atoms. The van der Waals surface area contributed by atoms with Crippen molar-refractivity contribution >= 4 is 22.7 Å². The van der Waals surface area contributed by atoms with Gasteiger partial charge in [-0.05, 0) is 30.5 Å². The lowest BCUT2D eigenvalue weighted by molar-refractivity contribution is -0.0529. The zero-order valence-electron chi connectivity index (χ0n) is 28.9. The molecule has 1 saturated heterocycles. The maximum Gasteiger partial charge on any atom is 0.265 e. The van der Waals surface area contributed by atoms with Gasteiger partial charge in [-0.1, -0.05) is 55.4 Å². The summed E-state index contributed by atoms with van der Waals surface area (Å²) in [5.74, 6) is -1.57. The molecule has 0 amide bonds. The van der Waals surface area contributed by atoms with E-state index in [2.05, 4.69) is 19.9 Å². The van der Waals surface area contributed by atoms with E-state index in [4.69, 9.17) is 16.2 Å². The van der Waals surface area contributed by atoms with Crippen LogP contribution in [0.3, 0.4) is 0 Å². The standard InChI is InChI=1S/C25H26F4N8O2.4C2H6/c1-39-19-7-15(26)14(6-16(19)27)17-5-13(9-37-12-35-20-23(30)33-11-34-24(20)37)18(8-32-17)36-4-2-3-25(31,10-36)21(38)22(28)29;4*1-2/h5-8,11-12,21-22,38H,2-4,9-10,31H2,1H3,(H2,30,33,34);4*1-2H3. The number of hydrogen-bond donors (Lipinski definition) is 3. The normalized spacial score (nSPS) is 16.0. The average molecular weight is 667 g/mol. The number of aliphatic hydroxyl groups excluding tert-OH is 1. The molecule has 3 aromatic heterocycles. The van der Waals surface area contributed by atoms with Crippen molar-refractivity contribution < 1.29 is 27.4 Å². The van der Waals surface area contributed by atoms with E-state index in [0.29, 0.717) is 35.4 Å². The summed E-state index contributed by atoms with van der Waals surface area (Å²) >= 11 is 0. The third-order valence-electron chi connectivity index (χ3n) is 6.98. The Morgan fingerprint density at radius 2 is 1.62 bits per heavy atom. The number of benzene rings is 1. The number of nitrogens with zero attached hydrogens (tertiary/aromatic N) is 6. The van der Waals surface area contributed by atoms with Crippen LogP contribution in [0.15, 0.2) is 37.1 Å². The third-order valence-corrected chi connectivity index (χ3v) is 6.98. The molecule has 0 radical (unpaired) electrons. The van der Waals surface area contributed by atoms with Gasteiger partial charge in [-0.2, -0.15) is 0 Å². The fourth-order valence-electron chi connectivity index (χ4n) is 4.94. The molecule has 0 spiro atoms. The number of fused-ring (bicyclic) bond motifs is 1. The van der Waals surface area contributed by atoms with Gasteiger partial charge < -0.3 is 30.8 Å². The molecule has 14 heteroatoms. The highest BCUT2D eigenvalue weighted by atomic mass is 19.3. The SMILES string of the molecule is CC.CC.CC.CC.COc1cc(F)c(-c2cc(Cn3cnc4c(N)ncnc43)c(N3CCCC(N)(C(O)C(F)F)C3)cn2)cc1F. The molecule has 1 aliphatic rings. The second kappa shape index (κ2) is 19.6. The zero-order valence-corrected chi connectivity index (χ0v) is 28.9. The number of anilines is 2. The van der Waals surface area contributed by atoms with Crippen LogP contribution in [0, 0.1) is 11.6 Å². The fourth-order valence-corrected chi connectivity index (χ4v) is 4.94. The van der Waals surface area contributed by atoms with Gasteiger partial charge in [-0.25, -0.2) is 32.5 Å². The highest BCUT2D eigenvalue weighted by Crippen LogP contribution is 2.34. The van der Waals surface area contributed by atoms with Gasteiger partial charge in [0.15, 0.2) is 23.0 Å². The fraction of sp³-hybridized carbons (Fsp3) is 0.515. The van der Waals surface area contributed by atoms with Crippen LogP contribution in [0.4, 0.5) is 29.1 Å². The van der Waals surface area contributed by atoms with Crippen molar-refractivity contribution in [3.05, 3.63) is 54.2 Å². The van der Waals surface area contributed by atoms with Crippen LogP contribution < -0.4 is 21.1 Å². The van der Waals surface area contributed by atoms with Crippen molar-refractivity contribution in [3.63, 3.8) is 0 Å². The van der Waals surface area contributed by atoms with Gasteiger partial charge in [0, 0.05) is 24.7 Å². The minimum atomic E-state index is -3.01. The first kappa shape index (κ1) is 41.0. The van der Waals surface area contributed by atoms with Crippen molar-refractivity contribution in [2.75, 3.05) is 30.8 Å². The van der Waals surface area contributed by atoms with E-state index in [-0.39, 0.29) is 42.3 Å². The molecule has 10 nitrogen and oxygen atoms in total. The molecule has 2 atom stereocenters. The van der Waals surface area contributed by atoms with Gasteiger partial charge in [-0.15, -0.1) is 0 Å². The number of rotatable bonds is 7. The first-order chi connectivity index (χ1) is 22.6. The number of pyridine rings is 1. The highest BCUT2D eigenvalue weighted by molar-refractivity contribution is 5.81. The molecule has 4 heterocycles. The molecule has 1 aromatic carbocycles. The van der Waals surface area contributed by atoms with E-state index in [1.54, 1.807) is 15.5 Å². The Morgan fingerprint density at radius 1 is 0.957 bits per heavy atom. The number of imidazole rings is 1. The maximum absolute atomic E-state index is 14.9. The average Bonchev–Trinajstić information content (AvgIpc) is 3.52. The van der Waals surface area contributed by atoms with E-state index in [1.807, 2.05) is 55.4 Å². The Morgan fingerprint density at radius 3 is 2.23 bits per heavy atom. The molecule has 0 saturated carbocycles. The van der Waals surface area contributed by atoms with E-state index >= 15 is 0 Å². The second-order valence-electron chi connectivity index (χ2n) is 9.51. The number of hydrogen-bond acceptors (Lipinski definition) is 9. The van der Waals surface area contributed by atoms with Crippen LogP contribution in [0.2, 0.25) is 0 Å². The lowest BCUT2D eigenvalue weighted by Gasteiger charge is -2.44. The topological polar surface area (TPSA) is 141 Å². The molecule has 0 aliphatic carbocycles. The molecule has 5 N–H and O–H groups in total. The van der Waals surface area contributed by atoms with E-state index in [0.717, 1.165) is 12.1 Å². The monoisotopic (exact) mass is 666 g/mol. The molecular formula is C33H50F4N8O2. The van der Waals surface area contributed by atoms with Gasteiger partial charge in [0.2, 0.25) is 0 Å². The Kier molecular flexibility index (Phi) is 17.1.